The quantitative estimate of drug-likeness (QED) is 0.634. The molecule has 0 aromatic heterocycles. The van der Waals surface area contributed by atoms with E-state index in [0.29, 0.717) is 6.07 Å². The van der Waals surface area contributed by atoms with Crippen molar-refractivity contribution >= 4 is 38.9 Å². The zero-order chi connectivity index (χ0) is 23.6. The number of nitrogens with zero attached hydrogens (tertiary/aromatic N) is 1. The number of carbonyl (C=O) groups excluding carboxylic acids is 1. The van der Waals surface area contributed by atoms with Crippen molar-refractivity contribution in [2.45, 2.75) is 13.1 Å². The Labute approximate surface area is 182 Å². The highest BCUT2D eigenvalue weighted by atomic mass is 35.5. The van der Waals surface area contributed by atoms with Gasteiger partial charge in [-0.05, 0) is 31.2 Å². The van der Waals surface area contributed by atoms with Crippen LogP contribution in [-0.4, -0.2) is 41.3 Å². The van der Waals surface area contributed by atoms with Crippen molar-refractivity contribution in [3.05, 3.63) is 46.5 Å². The highest BCUT2D eigenvalue weighted by molar-refractivity contribution is 7.92. The first-order valence-corrected chi connectivity index (χ1v) is 10.7. The van der Waals surface area contributed by atoms with E-state index in [2.05, 4.69) is 5.32 Å². The maximum Gasteiger partial charge on any atom is 0.416 e. The molecule has 2 aromatic rings. The molecule has 0 unspecified atom stereocenters. The van der Waals surface area contributed by atoms with Gasteiger partial charge in [0, 0.05) is 13.1 Å². The Morgan fingerprint density at radius 3 is 2.23 bits per heavy atom. The van der Waals surface area contributed by atoms with Crippen molar-refractivity contribution in [1.29, 1.82) is 0 Å². The van der Waals surface area contributed by atoms with E-state index in [1.165, 1.54) is 40.3 Å². The summed E-state index contributed by atoms with van der Waals surface area (Å²) in [6.07, 6.45) is -4.64. The van der Waals surface area contributed by atoms with Gasteiger partial charge in [0.15, 0.2) is 11.5 Å². The highest BCUT2D eigenvalue weighted by Gasteiger charge is 2.31. The first kappa shape index (κ1) is 24.6. The fraction of sp³-hybridized carbons (Fsp3) is 0.316. The van der Waals surface area contributed by atoms with Crippen LogP contribution in [0.5, 0.6) is 11.5 Å². The lowest BCUT2D eigenvalue weighted by Crippen LogP contribution is -2.30. The third-order valence-electron chi connectivity index (χ3n) is 4.41. The van der Waals surface area contributed by atoms with Crippen LogP contribution in [0, 0.1) is 0 Å². The topological polar surface area (TPSA) is 84.9 Å². The summed E-state index contributed by atoms with van der Waals surface area (Å²) in [7, 11) is 0.114. The molecule has 2 rings (SSSR count). The van der Waals surface area contributed by atoms with Crippen LogP contribution in [0.15, 0.2) is 30.3 Å². The Hall–Kier alpha value is -2.66. The molecule has 0 fully saturated rings. The van der Waals surface area contributed by atoms with Gasteiger partial charge in [0.2, 0.25) is 10.0 Å². The van der Waals surface area contributed by atoms with E-state index in [1.54, 1.807) is 0 Å². The molecule has 0 radical (unpaired) electrons. The predicted molar refractivity (Wildman–Crippen MR) is 112 cm³/mol. The normalized spacial score (nSPS) is 11.7. The minimum atomic E-state index is -4.64. The van der Waals surface area contributed by atoms with E-state index >= 15 is 0 Å². The first-order chi connectivity index (χ1) is 14.3. The second-order valence-corrected chi connectivity index (χ2v) is 8.94. The smallest absolute Gasteiger partial charge is 0.416 e. The average molecular weight is 481 g/mol. The molecule has 2 aromatic carbocycles. The van der Waals surface area contributed by atoms with Crippen LogP contribution >= 0.6 is 11.6 Å². The molecule has 170 valence electrons. The molecule has 12 heteroatoms. The monoisotopic (exact) mass is 480 g/mol. The van der Waals surface area contributed by atoms with Crippen LogP contribution in [0.4, 0.5) is 24.5 Å². The van der Waals surface area contributed by atoms with E-state index in [4.69, 9.17) is 21.1 Å². The Balaban J connectivity index is 2.60. The molecule has 0 bridgehead atoms. The van der Waals surface area contributed by atoms with E-state index in [9.17, 15) is 26.4 Å². The number of rotatable bonds is 7. The molecule has 0 atom stereocenters. The zero-order valence-electron chi connectivity index (χ0n) is 17.0. The number of anilines is 2. The van der Waals surface area contributed by atoms with Gasteiger partial charge in [0.05, 0.1) is 47.5 Å². The SMILES string of the molecule is CCS(=O)(=O)N(C)c1cc(OC)c(OC)cc1C(=O)Nc1cc(C(F)(F)F)ccc1Cl. The van der Waals surface area contributed by atoms with Crippen LogP contribution < -0.4 is 19.1 Å². The van der Waals surface area contributed by atoms with Crippen molar-refractivity contribution in [3.63, 3.8) is 0 Å². The number of halogens is 4. The number of nitrogens with one attached hydrogen (secondary N) is 1. The molecule has 31 heavy (non-hydrogen) atoms. The van der Waals surface area contributed by atoms with Crippen molar-refractivity contribution in [2.24, 2.45) is 0 Å². The van der Waals surface area contributed by atoms with Crippen LogP contribution in [0.3, 0.4) is 0 Å². The molecule has 1 amide bonds. The largest absolute Gasteiger partial charge is 0.493 e. The Morgan fingerprint density at radius 2 is 1.71 bits per heavy atom. The molecular weight excluding hydrogens is 461 g/mol. The van der Waals surface area contributed by atoms with Crippen LogP contribution in [-0.2, 0) is 16.2 Å². The molecule has 1 N–H and O–H groups in total. The number of ether oxygens (including phenoxy) is 2. The minimum absolute atomic E-state index is 0.0555. The number of hydrogen-bond donors (Lipinski definition) is 1. The molecule has 0 aliphatic rings. The maximum atomic E-state index is 13.0. The van der Waals surface area contributed by atoms with Gasteiger partial charge < -0.3 is 14.8 Å². The minimum Gasteiger partial charge on any atom is -0.493 e. The molecular formula is C19H20ClF3N2O5S. The number of carbonyl (C=O) groups is 1. The average Bonchev–Trinajstić information content (AvgIpc) is 2.72. The van der Waals surface area contributed by atoms with Gasteiger partial charge in [-0.1, -0.05) is 11.6 Å². The fourth-order valence-corrected chi connectivity index (χ4v) is 3.64. The summed E-state index contributed by atoms with van der Waals surface area (Å²) in [5, 5.41) is 2.18. The number of amides is 1. The lowest BCUT2D eigenvalue weighted by molar-refractivity contribution is -0.137. The number of sulfonamides is 1. The van der Waals surface area contributed by atoms with Gasteiger partial charge >= 0.3 is 6.18 Å². The Bertz CT molecular complexity index is 1090. The fourth-order valence-electron chi connectivity index (χ4n) is 2.64. The zero-order valence-corrected chi connectivity index (χ0v) is 18.6. The predicted octanol–water partition coefficient (Wildman–Crippen LogP) is 4.41. The lowest BCUT2D eigenvalue weighted by atomic mass is 10.1. The van der Waals surface area contributed by atoms with E-state index in [-0.39, 0.29) is 39.2 Å². The van der Waals surface area contributed by atoms with E-state index in [0.717, 1.165) is 16.4 Å². The standard InChI is InChI=1S/C19H20ClF3N2O5S/c1-5-31(27,28)25(2)15-10-17(30-4)16(29-3)9-12(15)18(26)24-14-8-11(19(21,22)23)6-7-13(14)20/h6-10H,5H2,1-4H3,(H,24,26). The molecule has 0 aliphatic heterocycles. The molecule has 0 aliphatic carbocycles. The summed E-state index contributed by atoms with van der Waals surface area (Å²) in [6, 6.07) is 4.99. The Kier molecular flexibility index (Phi) is 7.32. The molecule has 0 saturated carbocycles. The number of methoxy groups -OCH3 is 2. The number of hydrogen-bond acceptors (Lipinski definition) is 5. The van der Waals surface area contributed by atoms with Crippen molar-refractivity contribution in [2.75, 3.05) is 36.6 Å². The van der Waals surface area contributed by atoms with Gasteiger partial charge in [-0.25, -0.2) is 8.42 Å². The van der Waals surface area contributed by atoms with Crippen molar-refractivity contribution in [3.8, 4) is 11.5 Å². The summed E-state index contributed by atoms with van der Waals surface area (Å²) >= 11 is 5.95. The summed E-state index contributed by atoms with van der Waals surface area (Å²) in [4.78, 5) is 13.0. The highest BCUT2D eigenvalue weighted by Crippen LogP contribution is 2.37. The van der Waals surface area contributed by atoms with Gasteiger partial charge in [0.25, 0.3) is 5.91 Å². The Morgan fingerprint density at radius 1 is 1.13 bits per heavy atom. The second-order valence-electron chi connectivity index (χ2n) is 6.24. The number of benzene rings is 2. The van der Waals surface area contributed by atoms with Crippen molar-refractivity contribution in [1.82, 2.24) is 0 Å². The third kappa shape index (κ3) is 5.34. The van der Waals surface area contributed by atoms with Crippen LogP contribution in [0.2, 0.25) is 5.02 Å². The molecule has 7 nitrogen and oxygen atoms in total. The van der Waals surface area contributed by atoms with Crippen LogP contribution in [0.25, 0.3) is 0 Å². The van der Waals surface area contributed by atoms with Gasteiger partial charge in [-0.2, -0.15) is 13.2 Å². The molecule has 0 spiro atoms. The summed E-state index contributed by atoms with van der Waals surface area (Å²) < 4.78 is 75.0. The summed E-state index contributed by atoms with van der Waals surface area (Å²) in [5.74, 6) is -0.869. The van der Waals surface area contributed by atoms with Gasteiger partial charge in [-0.15, -0.1) is 0 Å². The van der Waals surface area contributed by atoms with Gasteiger partial charge in [0.1, 0.15) is 0 Å². The van der Waals surface area contributed by atoms with Crippen LogP contribution in [0.1, 0.15) is 22.8 Å². The second kappa shape index (κ2) is 9.23. The van der Waals surface area contributed by atoms with Crippen molar-refractivity contribution < 1.29 is 35.9 Å². The maximum absolute atomic E-state index is 13.0. The lowest BCUT2D eigenvalue weighted by Gasteiger charge is -2.23. The van der Waals surface area contributed by atoms with E-state index < -0.39 is 27.7 Å². The number of alkyl halides is 3. The third-order valence-corrected chi connectivity index (χ3v) is 6.50. The first-order valence-electron chi connectivity index (χ1n) is 8.76. The molecule has 0 heterocycles. The van der Waals surface area contributed by atoms with Gasteiger partial charge in [-0.3, -0.25) is 9.10 Å². The summed E-state index contributed by atoms with van der Waals surface area (Å²) in [5.41, 5.74) is -1.53. The van der Waals surface area contributed by atoms with E-state index in [1.807, 2.05) is 0 Å². The summed E-state index contributed by atoms with van der Waals surface area (Å²) in [6.45, 7) is 1.43. The molecule has 0 saturated heterocycles.